The van der Waals surface area contributed by atoms with E-state index in [2.05, 4.69) is 4.74 Å². The summed E-state index contributed by atoms with van der Waals surface area (Å²) in [6.07, 6.45) is 4.81. The molecule has 0 radical (unpaired) electrons. The second-order valence-corrected chi connectivity index (χ2v) is 7.28. The van der Waals surface area contributed by atoms with Crippen molar-refractivity contribution in [1.29, 1.82) is 0 Å². The molecular weight excluding hydrogens is 254 g/mol. The van der Waals surface area contributed by atoms with Gasteiger partial charge in [0.1, 0.15) is 0 Å². The molecule has 2 aliphatic carbocycles. The first kappa shape index (κ1) is 13.8. The number of hydrogen-bond acceptors (Lipinski definition) is 4. The van der Waals surface area contributed by atoms with Gasteiger partial charge in [-0.15, -0.1) is 0 Å². The van der Waals surface area contributed by atoms with Gasteiger partial charge in [-0.1, -0.05) is 0 Å². The normalized spacial score (nSPS) is 20.1. The number of carbonyl (C=O) groups excluding carboxylic acids is 1. The average Bonchev–Trinajstić information content (AvgIpc) is 3.16. The Labute approximate surface area is 109 Å². The summed E-state index contributed by atoms with van der Waals surface area (Å²) in [5.41, 5.74) is 0. The summed E-state index contributed by atoms with van der Waals surface area (Å²) < 4.78 is 30.6. The topological polar surface area (TPSA) is 63.7 Å². The van der Waals surface area contributed by atoms with Crippen LogP contribution in [0.3, 0.4) is 0 Å². The Morgan fingerprint density at radius 2 is 1.94 bits per heavy atom. The van der Waals surface area contributed by atoms with Gasteiger partial charge in [0.05, 0.1) is 12.9 Å². The van der Waals surface area contributed by atoms with E-state index in [9.17, 15) is 13.2 Å². The van der Waals surface area contributed by atoms with Crippen molar-refractivity contribution in [1.82, 2.24) is 4.31 Å². The molecule has 0 atom stereocenters. The molecule has 2 saturated carbocycles. The number of esters is 1. The highest BCUT2D eigenvalue weighted by molar-refractivity contribution is 7.89. The van der Waals surface area contributed by atoms with Crippen LogP contribution in [-0.4, -0.2) is 44.1 Å². The minimum atomic E-state index is -3.19. The average molecular weight is 275 g/mol. The third-order valence-electron chi connectivity index (χ3n) is 3.46. The van der Waals surface area contributed by atoms with E-state index >= 15 is 0 Å². The molecule has 0 aliphatic heterocycles. The predicted octanol–water partition coefficient (Wildman–Crippen LogP) is 1.14. The second kappa shape index (κ2) is 5.57. The lowest BCUT2D eigenvalue weighted by molar-refractivity contribution is -0.140. The quantitative estimate of drug-likeness (QED) is 0.623. The van der Waals surface area contributed by atoms with Gasteiger partial charge in [0, 0.05) is 19.0 Å². The fourth-order valence-electron chi connectivity index (χ4n) is 2.03. The van der Waals surface area contributed by atoms with E-state index in [1.807, 2.05) is 0 Å². The molecule has 18 heavy (non-hydrogen) atoms. The Morgan fingerprint density at radius 3 is 2.44 bits per heavy atom. The Kier molecular flexibility index (Phi) is 4.27. The van der Waals surface area contributed by atoms with Gasteiger partial charge in [0.15, 0.2) is 0 Å². The Bertz CT molecular complexity index is 398. The number of rotatable bonds is 8. The summed E-state index contributed by atoms with van der Waals surface area (Å²) in [6, 6.07) is 0.230. The van der Waals surface area contributed by atoms with Gasteiger partial charge in [-0.25, -0.2) is 8.42 Å². The first-order chi connectivity index (χ1) is 8.53. The van der Waals surface area contributed by atoms with Gasteiger partial charge < -0.3 is 4.74 Å². The van der Waals surface area contributed by atoms with E-state index in [0.717, 1.165) is 25.7 Å². The van der Waals surface area contributed by atoms with Crippen molar-refractivity contribution < 1.29 is 17.9 Å². The summed E-state index contributed by atoms with van der Waals surface area (Å²) >= 11 is 0. The van der Waals surface area contributed by atoms with E-state index in [1.165, 1.54) is 7.11 Å². The number of carbonyl (C=O) groups is 1. The highest BCUT2D eigenvalue weighted by Crippen LogP contribution is 2.36. The standard InChI is InChI=1S/C12H21NO4S/c1-17-12(14)3-2-8-18(15,16)13(11-6-7-11)9-10-4-5-10/h10-11H,2-9H2,1H3. The zero-order valence-electron chi connectivity index (χ0n) is 10.8. The summed E-state index contributed by atoms with van der Waals surface area (Å²) in [7, 11) is -1.87. The van der Waals surface area contributed by atoms with Crippen LogP contribution in [0.25, 0.3) is 0 Å². The van der Waals surface area contributed by atoms with Crippen molar-refractivity contribution in [3.63, 3.8) is 0 Å². The molecule has 6 heteroatoms. The third-order valence-corrected chi connectivity index (χ3v) is 5.42. The van der Waals surface area contributed by atoms with Crippen LogP contribution in [0.1, 0.15) is 38.5 Å². The largest absolute Gasteiger partial charge is 0.469 e. The van der Waals surface area contributed by atoms with Crippen LogP contribution in [0.15, 0.2) is 0 Å². The fourth-order valence-corrected chi connectivity index (χ4v) is 3.87. The smallest absolute Gasteiger partial charge is 0.305 e. The molecule has 0 aromatic carbocycles. The molecule has 2 aliphatic rings. The molecule has 0 saturated heterocycles. The van der Waals surface area contributed by atoms with E-state index in [4.69, 9.17) is 0 Å². The zero-order chi connectivity index (χ0) is 13.2. The molecule has 5 nitrogen and oxygen atoms in total. The Balaban J connectivity index is 1.84. The highest BCUT2D eigenvalue weighted by atomic mass is 32.2. The summed E-state index contributed by atoms with van der Waals surface area (Å²) in [5.74, 6) is 0.289. The summed E-state index contributed by atoms with van der Waals surface area (Å²) in [6.45, 7) is 0.686. The molecular formula is C12H21NO4S. The molecule has 2 fully saturated rings. The molecule has 0 bridgehead atoms. The lowest BCUT2D eigenvalue weighted by Gasteiger charge is -2.21. The molecule has 0 heterocycles. The van der Waals surface area contributed by atoms with Crippen LogP contribution in [-0.2, 0) is 19.6 Å². The molecule has 0 amide bonds. The van der Waals surface area contributed by atoms with Crippen LogP contribution in [0, 0.1) is 5.92 Å². The SMILES string of the molecule is COC(=O)CCCS(=O)(=O)N(CC1CC1)C1CC1. The molecule has 0 spiro atoms. The van der Waals surface area contributed by atoms with E-state index < -0.39 is 10.0 Å². The number of sulfonamides is 1. The molecule has 2 rings (SSSR count). The van der Waals surface area contributed by atoms with Gasteiger partial charge in [0.2, 0.25) is 10.0 Å². The van der Waals surface area contributed by atoms with Crippen LogP contribution >= 0.6 is 0 Å². The van der Waals surface area contributed by atoms with Crippen molar-refractivity contribution in [2.24, 2.45) is 5.92 Å². The number of nitrogens with zero attached hydrogens (tertiary/aromatic N) is 1. The van der Waals surface area contributed by atoms with Crippen molar-refractivity contribution >= 4 is 16.0 Å². The molecule has 0 aromatic rings. The van der Waals surface area contributed by atoms with Gasteiger partial charge in [-0.3, -0.25) is 4.79 Å². The van der Waals surface area contributed by atoms with Crippen LogP contribution < -0.4 is 0 Å². The lowest BCUT2D eigenvalue weighted by Crippen LogP contribution is -2.36. The van der Waals surface area contributed by atoms with Gasteiger partial charge in [-0.05, 0) is 38.0 Å². The van der Waals surface area contributed by atoms with Gasteiger partial charge >= 0.3 is 5.97 Å². The Morgan fingerprint density at radius 1 is 1.28 bits per heavy atom. The molecule has 0 N–H and O–H groups in total. The highest BCUT2D eigenvalue weighted by Gasteiger charge is 2.39. The third kappa shape index (κ3) is 3.95. The molecule has 0 aromatic heterocycles. The number of ether oxygens (including phenoxy) is 1. The van der Waals surface area contributed by atoms with Crippen molar-refractivity contribution in [2.75, 3.05) is 19.4 Å². The minimum Gasteiger partial charge on any atom is -0.469 e. The second-order valence-electron chi connectivity index (χ2n) is 5.24. The lowest BCUT2D eigenvalue weighted by atomic mass is 10.3. The summed E-state index contributed by atoms with van der Waals surface area (Å²) in [5, 5.41) is 0. The number of methoxy groups -OCH3 is 1. The monoisotopic (exact) mass is 275 g/mol. The van der Waals surface area contributed by atoms with Crippen molar-refractivity contribution in [3.8, 4) is 0 Å². The number of hydrogen-bond donors (Lipinski definition) is 0. The first-order valence-corrected chi connectivity index (χ1v) is 8.20. The van der Waals surface area contributed by atoms with Crippen LogP contribution in [0.4, 0.5) is 0 Å². The van der Waals surface area contributed by atoms with Gasteiger partial charge in [0.25, 0.3) is 0 Å². The van der Waals surface area contributed by atoms with Crippen LogP contribution in [0.2, 0.25) is 0 Å². The summed E-state index contributed by atoms with van der Waals surface area (Å²) in [4.78, 5) is 11.0. The molecule has 104 valence electrons. The maximum atomic E-state index is 12.2. The van der Waals surface area contributed by atoms with Gasteiger partial charge in [-0.2, -0.15) is 4.31 Å². The fraction of sp³-hybridized carbons (Fsp3) is 0.917. The minimum absolute atomic E-state index is 0.0608. The first-order valence-electron chi connectivity index (χ1n) is 6.59. The van der Waals surface area contributed by atoms with Crippen LogP contribution in [0.5, 0.6) is 0 Å². The van der Waals surface area contributed by atoms with E-state index in [-0.39, 0.29) is 24.2 Å². The maximum Gasteiger partial charge on any atom is 0.305 e. The predicted molar refractivity (Wildman–Crippen MR) is 67.5 cm³/mol. The zero-order valence-corrected chi connectivity index (χ0v) is 11.6. The van der Waals surface area contributed by atoms with E-state index in [0.29, 0.717) is 18.9 Å². The maximum absolute atomic E-state index is 12.2. The van der Waals surface area contributed by atoms with Crippen molar-refractivity contribution in [2.45, 2.75) is 44.6 Å². The van der Waals surface area contributed by atoms with Crippen molar-refractivity contribution in [3.05, 3.63) is 0 Å². The molecule has 0 unspecified atom stereocenters. The Hall–Kier alpha value is -0.620. The van der Waals surface area contributed by atoms with E-state index in [1.54, 1.807) is 4.31 Å².